The molecule has 2 aromatic carbocycles. The number of rotatable bonds is 14. The van der Waals surface area contributed by atoms with E-state index in [9.17, 15) is 13.2 Å². The Bertz CT molecular complexity index is 1310. The van der Waals surface area contributed by atoms with E-state index in [1.165, 1.54) is 42.6 Å². The zero-order valence-corrected chi connectivity index (χ0v) is 25.6. The summed E-state index contributed by atoms with van der Waals surface area (Å²) in [5, 5.41) is 3.43. The highest BCUT2D eigenvalue weighted by molar-refractivity contribution is 7.91. The Morgan fingerprint density at radius 1 is 0.975 bits per heavy atom. The SMILES string of the molecule is CCCCCCN(CCc1ccccc1)C1CCN(S(=O)(=O)c2ccc(CNC(=O)c3ccc(Cl)cc3)s2)CC1. The van der Waals surface area contributed by atoms with Gasteiger partial charge in [-0.2, -0.15) is 4.31 Å². The normalized spacial score (nSPS) is 15.0. The minimum absolute atomic E-state index is 0.219. The van der Waals surface area contributed by atoms with Crippen molar-refractivity contribution in [3.8, 4) is 0 Å². The second-order valence-corrected chi connectivity index (χ2v) is 14.1. The van der Waals surface area contributed by atoms with Gasteiger partial charge in [-0.25, -0.2) is 8.42 Å². The number of benzene rings is 2. The van der Waals surface area contributed by atoms with Crippen LogP contribution in [0, 0.1) is 0 Å². The highest BCUT2D eigenvalue weighted by Gasteiger charge is 2.32. The predicted octanol–water partition coefficient (Wildman–Crippen LogP) is 6.61. The van der Waals surface area contributed by atoms with E-state index in [4.69, 9.17) is 11.6 Å². The van der Waals surface area contributed by atoms with Crippen molar-refractivity contribution in [2.24, 2.45) is 0 Å². The molecule has 0 atom stereocenters. The second kappa shape index (κ2) is 15.1. The Balaban J connectivity index is 1.31. The number of hydrogen-bond donors (Lipinski definition) is 1. The molecule has 0 unspecified atom stereocenters. The van der Waals surface area contributed by atoms with E-state index in [0.717, 1.165) is 37.2 Å². The average Bonchev–Trinajstić information content (AvgIpc) is 3.47. The molecule has 40 heavy (non-hydrogen) atoms. The van der Waals surface area contributed by atoms with Gasteiger partial charge in [-0.3, -0.25) is 9.69 Å². The number of sulfonamides is 1. The fourth-order valence-corrected chi connectivity index (χ4v) is 8.22. The number of hydrogen-bond acceptors (Lipinski definition) is 5. The molecule has 0 radical (unpaired) electrons. The molecule has 1 fully saturated rings. The molecule has 1 saturated heterocycles. The number of thiophene rings is 1. The zero-order valence-electron chi connectivity index (χ0n) is 23.2. The maximum Gasteiger partial charge on any atom is 0.252 e. The molecule has 3 aromatic rings. The van der Waals surface area contributed by atoms with Gasteiger partial charge in [-0.05, 0) is 74.2 Å². The van der Waals surface area contributed by atoms with Gasteiger partial charge in [-0.15, -0.1) is 11.3 Å². The lowest BCUT2D eigenvalue weighted by molar-refractivity contribution is 0.0951. The number of nitrogens with zero attached hydrogens (tertiary/aromatic N) is 2. The molecule has 2 heterocycles. The Morgan fingerprint density at radius 2 is 1.70 bits per heavy atom. The molecular formula is C31H40ClN3O3S2. The molecule has 216 valence electrons. The van der Waals surface area contributed by atoms with E-state index < -0.39 is 10.0 Å². The fourth-order valence-electron chi connectivity index (χ4n) is 5.17. The highest BCUT2D eigenvalue weighted by atomic mass is 35.5. The molecule has 0 aliphatic carbocycles. The summed E-state index contributed by atoms with van der Waals surface area (Å²) < 4.78 is 28.9. The number of amides is 1. The maximum atomic E-state index is 13.4. The Labute approximate surface area is 248 Å². The molecule has 9 heteroatoms. The van der Waals surface area contributed by atoms with Gasteiger partial charge < -0.3 is 5.32 Å². The summed E-state index contributed by atoms with van der Waals surface area (Å²) >= 11 is 7.12. The van der Waals surface area contributed by atoms with Crippen LogP contribution in [0.1, 0.15) is 66.2 Å². The van der Waals surface area contributed by atoms with Crippen LogP contribution in [0.3, 0.4) is 0 Å². The quantitative estimate of drug-likeness (QED) is 0.211. The van der Waals surface area contributed by atoms with Crippen molar-refractivity contribution in [1.29, 1.82) is 0 Å². The Hall–Kier alpha value is -2.23. The standard InChI is InChI=1S/C31H40ClN3O3S2/c1-2-3-4-8-20-34(21-17-25-9-6-5-7-10-25)28-18-22-35(23-19-28)40(37,38)30-16-15-29(39-30)24-33-31(36)26-11-13-27(32)14-12-26/h5-7,9-16,28H,2-4,8,17-24H2,1H3,(H,33,36). The number of unbranched alkanes of at least 4 members (excludes halogenated alkanes) is 3. The van der Waals surface area contributed by atoms with Gasteiger partial charge in [0.15, 0.2) is 0 Å². The van der Waals surface area contributed by atoms with Gasteiger partial charge in [0.05, 0.1) is 6.54 Å². The van der Waals surface area contributed by atoms with Crippen LogP contribution in [0.5, 0.6) is 0 Å². The Morgan fingerprint density at radius 3 is 2.40 bits per heavy atom. The van der Waals surface area contributed by atoms with Crippen molar-refractivity contribution in [2.45, 2.75) is 68.7 Å². The first-order valence-electron chi connectivity index (χ1n) is 14.3. The van der Waals surface area contributed by atoms with Gasteiger partial charge in [0.2, 0.25) is 0 Å². The number of carbonyl (C=O) groups is 1. The van der Waals surface area contributed by atoms with Crippen LogP contribution in [0.4, 0.5) is 0 Å². The second-order valence-electron chi connectivity index (χ2n) is 10.4. The lowest BCUT2D eigenvalue weighted by Gasteiger charge is -2.38. The average molecular weight is 602 g/mol. The summed E-state index contributed by atoms with van der Waals surface area (Å²) in [4.78, 5) is 15.8. The van der Waals surface area contributed by atoms with Crippen molar-refractivity contribution in [2.75, 3.05) is 26.2 Å². The third-order valence-electron chi connectivity index (χ3n) is 7.53. The van der Waals surface area contributed by atoms with E-state index in [2.05, 4.69) is 47.5 Å². The molecule has 0 bridgehead atoms. The van der Waals surface area contributed by atoms with Crippen LogP contribution in [-0.2, 0) is 23.0 Å². The van der Waals surface area contributed by atoms with E-state index in [-0.39, 0.29) is 12.5 Å². The highest BCUT2D eigenvalue weighted by Crippen LogP contribution is 2.28. The van der Waals surface area contributed by atoms with Crippen LogP contribution in [0.25, 0.3) is 0 Å². The third kappa shape index (κ3) is 8.63. The lowest BCUT2D eigenvalue weighted by atomic mass is 10.0. The van der Waals surface area contributed by atoms with Crippen molar-refractivity contribution in [1.82, 2.24) is 14.5 Å². The summed E-state index contributed by atoms with van der Waals surface area (Å²) in [7, 11) is -3.56. The molecule has 1 aliphatic rings. The van der Waals surface area contributed by atoms with Gasteiger partial charge in [0, 0.05) is 41.1 Å². The topological polar surface area (TPSA) is 69.7 Å². The number of halogens is 1. The first-order chi connectivity index (χ1) is 19.4. The first-order valence-corrected chi connectivity index (χ1v) is 16.9. The van der Waals surface area contributed by atoms with E-state index in [1.54, 1.807) is 40.7 Å². The maximum absolute atomic E-state index is 13.4. The molecule has 1 amide bonds. The Kier molecular flexibility index (Phi) is 11.6. The molecule has 4 rings (SSSR count). The van der Waals surface area contributed by atoms with Crippen molar-refractivity contribution in [3.05, 3.63) is 87.8 Å². The molecule has 1 aliphatic heterocycles. The van der Waals surface area contributed by atoms with E-state index >= 15 is 0 Å². The van der Waals surface area contributed by atoms with Gasteiger partial charge >= 0.3 is 0 Å². The summed E-state index contributed by atoms with van der Waals surface area (Å²) in [6, 6.07) is 21.1. The minimum Gasteiger partial charge on any atom is -0.347 e. The molecular weight excluding hydrogens is 562 g/mol. The minimum atomic E-state index is -3.56. The number of piperidine rings is 1. The van der Waals surface area contributed by atoms with Crippen molar-refractivity contribution < 1.29 is 13.2 Å². The van der Waals surface area contributed by atoms with Crippen LogP contribution in [0.2, 0.25) is 5.02 Å². The van der Waals surface area contributed by atoms with Crippen molar-refractivity contribution in [3.63, 3.8) is 0 Å². The van der Waals surface area contributed by atoms with Crippen LogP contribution in [0.15, 0.2) is 70.9 Å². The molecule has 6 nitrogen and oxygen atoms in total. The summed E-state index contributed by atoms with van der Waals surface area (Å²) in [6.45, 7) is 5.65. The summed E-state index contributed by atoms with van der Waals surface area (Å²) in [5.41, 5.74) is 1.86. The molecule has 1 aromatic heterocycles. The van der Waals surface area contributed by atoms with E-state index in [1.807, 2.05) is 0 Å². The van der Waals surface area contributed by atoms with Crippen LogP contribution >= 0.6 is 22.9 Å². The van der Waals surface area contributed by atoms with Crippen LogP contribution in [-0.4, -0.2) is 55.8 Å². The smallest absolute Gasteiger partial charge is 0.252 e. The monoisotopic (exact) mass is 601 g/mol. The van der Waals surface area contributed by atoms with Crippen LogP contribution < -0.4 is 5.32 Å². The summed E-state index contributed by atoms with van der Waals surface area (Å²) in [6.07, 6.45) is 7.62. The number of carbonyl (C=O) groups excluding carboxylic acids is 1. The third-order valence-corrected chi connectivity index (χ3v) is 11.2. The fraction of sp³-hybridized carbons (Fsp3) is 0.452. The first kappa shape index (κ1) is 30.7. The van der Waals surface area contributed by atoms with Gasteiger partial charge in [0.25, 0.3) is 15.9 Å². The van der Waals surface area contributed by atoms with Crippen molar-refractivity contribution >= 4 is 38.9 Å². The van der Waals surface area contributed by atoms with Gasteiger partial charge in [0.1, 0.15) is 4.21 Å². The molecule has 1 N–H and O–H groups in total. The van der Waals surface area contributed by atoms with E-state index in [0.29, 0.717) is 33.9 Å². The summed E-state index contributed by atoms with van der Waals surface area (Å²) in [5.74, 6) is -0.219. The lowest BCUT2D eigenvalue weighted by Crippen LogP contribution is -2.47. The predicted molar refractivity (Wildman–Crippen MR) is 165 cm³/mol. The zero-order chi connectivity index (χ0) is 28.4. The molecule has 0 spiro atoms. The largest absolute Gasteiger partial charge is 0.347 e. The molecule has 0 saturated carbocycles. The number of nitrogens with one attached hydrogen (secondary N) is 1. The van der Waals surface area contributed by atoms with Gasteiger partial charge in [-0.1, -0.05) is 68.1 Å².